The van der Waals surface area contributed by atoms with Crippen LogP contribution < -0.4 is 4.90 Å². The number of hydrogen-bond acceptors (Lipinski definition) is 5. The molecule has 0 aliphatic carbocycles. The summed E-state index contributed by atoms with van der Waals surface area (Å²) in [6.45, 7) is 11.6. The first-order chi connectivity index (χ1) is 14.8. The van der Waals surface area contributed by atoms with Crippen LogP contribution in [-0.4, -0.2) is 37.0 Å². The molecule has 0 saturated carbocycles. The quantitative estimate of drug-likeness (QED) is 0.412. The summed E-state index contributed by atoms with van der Waals surface area (Å²) in [5.74, 6) is -0.167. The van der Waals surface area contributed by atoms with Gasteiger partial charge in [0.15, 0.2) is 10.8 Å². The summed E-state index contributed by atoms with van der Waals surface area (Å²) >= 11 is 7.71. The van der Waals surface area contributed by atoms with E-state index >= 15 is 0 Å². The highest BCUT2D eigenvalue weighted by atomic mass is 35.5. The van der Waals surface area contributed by atoms with Crippen LogP contribution in [0.3, 0.4) is 0 Å². The molecular weight excluding hydrogens is 432 g/mol. The molecule has 0 fully saturated rings. The van der Waals surface area contributed by atoms with Gasteiger partial charge in [-0.3, -0.25) is 19.1 Å². The highest BCUT2D eigenvalue weighted by Gasteiger charge is 2.25. The second-order valence-corrected chi connectivity index (χ2v) is 9.11. The maximum absolute atomic E-state index is 13.5. The highest BCUT2D eigenvalue weighted by Crippen LogP contribution is 2.33. The number of benzene rings is 1. The maximum atomic E-state index is 13.5. The van der Waals surface area contributed by atoms with E-state index < -0.39 is 0 Å². The Kier molecular flexibility index (Phi) is 5.85. The lowest BCUT2D eigenvalue weighted by Gasteiger charge is -2.19. The van der Waals surface area contributed by atoms with Gasteiger partial charge in [0.05, 0.1) is 22.5 Å². The number of fused-ring (bicyclic) bond motifs is 1. The number of rotatable bonds is 6. The van der Waals surface area contributed by atoms with Gasteiger partial charge < -0.3 is 0 Å². The van der Waals surface area contributed by atoms with E-state index in [2.05, 4.69) is 10.2 Å². The number of hydrogen-bond donors (Lipinski definition) is 0. The molecule has 0 atom stereocenters. The molecule has 0 N–H and O–H groups in total. The number of aryl methyl sites for hydroxylation is 5. The number of aromatic nitrogens is 5. The molecule has 3 aromatic heterocycles. The van der Waals surface area contributed by atoms with Crippen molar-refractivity contribution in [3.63, 3.8) is 0 Å². The van der Waals surface area contributed by atoms with E-state index in [1.807, 2.05) is 68.2 Å². The molecule has 0 radical (unpaired) electrons. The molecule has 9 heteroatoms. The Morgan fingerprint density at radius 3 is 2.45 bits per heavy atom. The third-order valence-electron chi connectivity index (χ3n) is 5.25. The van der Waals surface area contributed by atoms with Gasteiger partial charge in [-0.25, -0.2) is 4.98 Å². The van der Waals surface area contributed by atoms with Crippen molar-refractivity contribution in [2.45, 2.75) is 47.7 Å². The van der Waals surface area contributed by atoms with Gasteiger partial charge in [0.25, 0.3) is 5.91 Å². The minimum absolute atomic E-state index is 0.167. The fraction of sp³-hybridized carbons (Fsp3) is 0.364. The van der Waals surface area contributed by atoms with Gasteiger partial charge in [-0.2, -0.15) is 10.2 Å². The van der Waals surface area contributed by atoms with E-state index in [-0.39, 0.29) is 5.91 Å². The summed E-state index contributed by atoms with van der Waals surface area (Å²) in [5.41, 5.74) is 5.24. The van der Waals surface area contributed by atoms with Crippen LogP contribution in [0.4, 0.5) is 5.13 Å². The largest absolute Gasteiger partial charge is 0.281 e. The van der Waals surface area contributed by atoms with Gasteiger partial charge >= 0.3 is 0 Å². The summed E-state index contributed by atoms with van der Waals surface area (Å²) in [6, 6.07) is 7.64. The van der Waals surface area contributed by atoms with Crippen LogP contribution in [0.2, 0.25) is 5.02 Å². The van der Waals surface area contributed by atoms with Crippen molar-refractivity contribution in [3.8, 4) is 0 Å². The number of amides is 1. The SMILES string of the molecule is CCn1nc(C(=O)N(CCn2nc(C)cc2C)c2nc3c(C)cc(Cl)cc3s2)cc1C. The standard InChI is InChI=1S/C22H25ClN6OS/c1-6-28-16(5)11-18(26-28)21(30)27(7-8-29-15(4)10-14(3)25-29)22-24-20-13(2)9-17(23)12-19(20)31-22/h9-12H,6-8H2,1-5H3. The molecule has 162 valence electrons. The first kappa shape index (κ1) is 21.5. The van der Waals surface area contributed by atoms with Crippen LogP contribution in [0.15, 0.2) is 24.3 Å². The third kappa shape index (κ3) is 4.22. The normalized spacial score (nSPS) is 11.4. The van der Waals surface area contributed by atoms with Crippen LogP contribution in [-0.2, 0) is 13.1 Å². The van der Waals surface area contributed by atoms with E-state index in [1.54, 1.807) is 4.90 Å². The monoisotopic (exact) mass is 456 g/mol. The fourth-order valence-corrected chi connectivity index (χ4v) is 5.16. The van der Waals surface area contributed by atoms with Crippen molar-refractivity contribution in [3.05, 3.63) is 57.6 Å². The van der Waals surface area contributed by atoms with Gasteiger partial charge in [0.2, 0.25) is 0 Å². The molecule has 0 aliphatic rings. The van der Waals surface area contributed by atoms with Crippen LogP contribution in [0, 0.1) is 27.7 Å². The number of carbonyl (C=O) groups excluding carboxylic acids is 1. The van der Waals surface area contributed by atoms with Crippen molar-refractivity contribution in [2.24, 2.45) is 0 Å². The average molecular weight is 457 g/mol. The van der Waals surface area contributed by atoms with E-state index in [4.69, 9.17) is 16.6 Å². The zero-order valence-electron chi connectivity index (χ0n) is 18.3. The number of nitrogens with zero attached hydrogens (tertiary/aromatic N) is 6. The first-order valence-electron chi connectivity index (χ1n) is 10.2. The zero-order chi connectivity index (χ0) is 22.3. The van der Waals surface area contributed by atoms with Crippen molar-refractivity contribution in [1.82, 2.24) is 24.5 Å². The number of anilines is 1. The Balaban J connectivity index is 1.73. The molecule has 0 unspecified atom stereocenters. The van der Waals surface area contributed by atoms with Gasteiger partial charge in [-0.15, -0.1) is 0 Å². The first-order valence-corrected chi connectivity index (χ1v) is 11.4. The Morgan fingerprint density at radius 2 is 1.81 bits per heavy atom. The van der Waals surface area contributed by atoms with Crippen LogP contribution in [0.25, 0.3) is 10.2 Å². The number of halogens is 1. The molecule has 0 bridgehead atoms. The Bertz CT molecular complexity index is 1270. The molecular formula is C22H25ClN6OS. The fourth-order valence-electron chi connectivity index (χ4n) is 3.71. The van der Waals surface area contributed by atoms with Crippen molar-refractivity contribution < 1.29 is 4.79 Å². The highest BCUT2D eigenvalue weighted by molar-refractivity contribution is 7.22. The maximum Gasteiger partial charge on any atom is 0.280 e. The summed E-state index contributed by atoms with van der Waals surface area (Å²) < 4.78 is 4.70. The van der Waals surface area contributed by atoms with E-state index in [9.17, 15) is 4.79 Å². The van der Waals surface area contributed by atoms with Crippen molar-refractivity contribution in [1.29, 1.82) is 0 Å². The number of thiazole rings is 1. The molecule has 0 saturated heterocycles. The molecule has 7 nitrogen and oxygen atoms in total. The lowest BCUT2D eigenvalue weighted by Crippen LogP contribution is -2.34. The summed E-state index contributed by atoms with van der Waals surface area (Å²) in [7, 11) is 0. The Hall–Kier alpha value is -2.71. The van der Waals surface area contributed by atoms with Crippen molar-refractivity contribution in [2.75, 3.05) is 11.4 Å². The molecule has 4 rings (SSSR count). The summed E-state index contributed by atoms with van der Waals surface area (Å²) in [5, 5.41) is 10.3. The smallest absolute Gasteiger partial charge is 0.280 e. The minimum Gasteiger partial charge on any atom is -0.281 e. The van der Waals surface area contributed by atoms with Crippen LogP contribution in [0.1, 0.15) is 40.1 Å². The molecule has 1 aromatic carbocycles. The van der Waals surface area contributed by atoms with E-state index in [1.165, 1.54) is 11.3 Å². The topological polar surface area (TPSA) is 68.8 Å². The molecule has 31 heavy (non-hydrogen) atoms. The lowest BCUT2D eigenvalue weighted by atomic mass is 10.2. The van der Waals surface area contributed by atoms with E-state index in [0.29, 0.717) is 35.5 Å². The zero-order valence-corrected chi connectivity index (χ0v) is 19.9. The van der Waals surface area contributed by atoms with Crippen molar-refractivity contribution >= 4 is 44.2 Å². The predicted molar refractivity (Wildman–Crippen MR) is 125 cm³/mol. The second-order valence-electron chi connectivity index (χ2n) is 7.66. The lowest BCUT2D eigenvalue weighted by molar-refractivity contribution is 0.0980. The molecule has 3 heterocycles. The van der Waals surface area contributed by atoms with Gasteiger partial charge in [0, 0.05) is 29.5 Å². The molecule has 0 aliphatic heterocycles. The van der Waals surface area contributed by atoms with Crippen LogP contribution >= 0.6 is 22.9 Å². The van der Waals surface area contributed by atoms with Crippen LogP contribution in [0.5, 0.6) is 0 Å². The second kappa shape index (κ2) is 8.43. The molecule has 0 spiro atoms. The van der Waals surface area contributed by atoms with E-state index in [0.717, 1.165) is 32.9 Å². The average Bonchev–Trinajstić information content (AvgIpc) is 3.38. The summed E-state index contributed by atoms with van der Waals surface area (Å²) in [4.78, 5) is 20.0. The Morgan fingerprint density at radius 1 is 1.06 bits per heavy atom. The minimum atomic E-state index is -0.167. The van der Waals surface area contributed by atoms with Gasteiger partial charge in [-0.05, 0) is 64.4 Å². The molecule has 1 amide bonds. The molecule has 4 aromatic rings. The number of carbonyl (C=O) groups is 1. The van der Waals surface area contributed by atoms with Gasteiger partial charge in [0.1, 0.15) is 0 Å². The summed E-state index contributed by atoms with van der Waals surface area (Å²) in [6.07, 6.45) is 0. The Labute approximate surface area is 190 Å². The van der Waals surface area contributed by atoms with Gasteiger partial charge in [-0.1, -0.05) is 22.9 Å². The third-order valence-corrected chi connectivity index (χ3v) is 6.50. The predicted octanol–water partition coefficient (Wildman–Crippen LogP) is 4.94.